The summed E-state index contributed by atoms with van der Waals surface area (Å²) in [5, 5.41) is 0. The Kier molecular flexibility index (Phi) is 3.76. The van der Waals surface area contributed by atoms with Gasteiger partial charge in [0.15, 0.2) is 5.82 Å². The van der Waals surface area contributed by atoms with Crippen LogP contribution in [0.4, 0.5) is 11.6 Å². The Labute approximate surface area is 105 Å². The molecule has 0 aromatic carbocycles. The Balaban J connectivity index is 2.23. The lowest BCUT2D eigenvalue weighted by Gasteiger charge is -2.13. The molecular weight excluding hydrogens is 228 g/mol. The number of aliphatic imine (C=N–C) groups is 1. The zero-order valence-corrected chi connectivity index (χ0v) is 9.89. The molecule has 0 aliphatic rings. The molecule has 0 radical (unpaired) electrons. The van der Waals surface area contributed by atoms with Crippen LogP contribution < -0.4 is 4.90 Å². The number of aromatic nitrogens is 2. The molecule has 2 rings (SSSR count). The summed E-state index contributed by atoms with van der Waals surface area (Å²) in [5.74, 6) is 0.915. The summed E-state index contributed by atoms with van der Waals surface area (Å²) in [5.41, 5.74) is 0. The van der Waals surface area contributed by atoms with Gasteiger partial charge >= 0.3 is 0 Å². The van der Waals surface area contributed by atoms with E-state index in [1.165, 1.54) is 18.2 Å². The first-order valence-electron chi connectivity index (χ1n) is 5.43. The van der Waals surface area contributed by atoms with Crippen molar-refractivity contribution in [2.45, 2.75) is 6.92 Å². The maximum absolute atomic E-state index is 11.5. The van der Waals surface area contributed by atoms with Crippen LogP contribution in [0.3, 0.4) is 0 Å². The van der Waals surface area contributed by atoms with Crippen LogP contribution in [0.2, 0.25) is 0 Å². The van der Waals surface area contributed by atoms with E-state index in [0.717, 1.165) is 0 Å². The number of carbonyl (C=O) groups is 1. The minimum absolute atomic E-state index is 0.159. The second kappa shape index (κ2) is 5.67. The lowest BCUT2D eigenvalue weighted by Crippen LogP contribution is -2.27. The van der Waals surface area contributed by atoms with Gasteiger partial charge in [-0.05, 0) is 24.3 Å². The average Bonchev–Trinajstić information content (AvgIpc) is 2.41. The number of hydrogen-bond acceptors (Lipinski definition) is 4. The number of rotatable bonds is 3. The van der Waals surface area contributed by atoms with E-state index < -0.39 is 0 Å². The number of carbonyl (C=O) groups excluding carboxylic acids is 1. The van der Waals surface area contributed by atoms with Crippen LogP contribution in [-0.4, -0.2) is 22.2 Å². The van der Waals surface area contributed by atoms with Crippen molar-refractivity contribution in [2.24, 2.45) is 4.99 Å². The largest absolute Gasteiger partial charge is 0.274 e. The minimum Gasteiger partial charge on any atom is -0.274 e. The summed E-state index contributed by atoms with van der Waals surface area (Å²) in [4.78, 5) is 25.2. The standard InChI is InChI=1S/C13H12N4O/c1-11(18)17(13-7-3-5-9-15-13)10-16-12-6-2-4-8-14-12/h2-10H,1H3/b16-10+. The van der Waals surface area contributed by atoms with Crippen LogP contribution in [0.25, 0.3) is 0 Å². The van der Waals surface area contributed by atoms with Gasteiger partial charge in [-0.2, -0.15) is 0 Å². The predicted molar refractivity (Wildman–Crippen MR) is 69.8 cm³/mol. The molecule has 5 heteroatoms. The van der Waals surface area contributed by atoms with Crippen LogP contribution in [-0.2, 0) is 4.79 Å². The van der Waals surface area contributed by atoms with Crippen molar-refractivity contribution in [3.8, 4) is 0 Å². The molecule has 1 amide bonds. The fourth-order valence-corrected chi connectivity index (χ4v) is 1.35. The molecule has 0 aliphatic heterocycles. The molecule has 0 atom stereocenters. The SMILES string of the molecule is CC(=O)N(/C=N/c1ccccn1)c1ccccn1. The Morgan fingerprint density at radius 3 is 2.44 bits per heavy atom. The van der Waals surface area contributed by atoms with E-state index in [2.05, 4.69) is 15.0 Å². The number of nitrogens with zero attached hydrogens (tertiary/aromatic N) is 4. The average molecular weight is 240 g/mol. The quantitative estimate of drug-likeness (QED) is 0.610. The smallest absolute Gasteiger partial charge is 0.230 e. The van der Waals surface area contributed by atoms with Crippen molar-refractivity contribution >= 4 is 23.9 Å². The Morgan fingerprint density at radius 2 is 1.89 bits per heavy atom. The van der Waals surface area contributed by atoms with Gasteiger partial charge in [0, 0.05) is 19.3 Å². The molecule has 0 bridgehead atoms. The van der Waals surface area contributed by atoms with Crippen molar-refractivity contribution in [3.05, 3.63) is 48.8 Å². The highest BCUT2D eigenvalue weighted by atomic mass is 16.2. The number of anilines is 1. The van der Waals surface area contributed by atoms with Crippen molar-refractivity contribution in [1.82, 2.24) is 9.97 Å². The first-order valence-corrected chi connectivity index (χ1v) is 5.43. The summed E-state index contributed by atoms with van der Waals surface area (Å²) in [6.07, 6.45) is 4.69. The van der Waals surface area contributed by atoms with Crippen molar-refractivity contribution in [3.63, 3.8) is 0 Å². The maximum atomic E-state index is 11.5. The highest BCUT2D eigenvalue weighted by molar-refractivity contribution is 6.06. The molecule has 0 saturated carbocycles. The van der Waals surface area contributed by atoms with E-state index in [-0.39, 0.29) is 5.91 Å². The second-order valence-electron chi connectivity index (χ2n) is 3.51. The summed E-state index contributed by atoms with van der Waals surface area (Å²) in [6, 6.07) is 10.7. The monoisotopic (exact) mass is 240 g/mol. The van der Waals surface area contributed by atoms with E-state index in [4.69, 9.17) is 0 Å². The maximum Gasteiger partial charge on any atom is 0.230 e. The predicted octanol–water partition coefficient (Wildman–Crippen LogP) is 2.19. The lowest BCUT2D eigenvalue weighted by atomic mass is 10.4. The van der Waals surface area contributed by atoms with Crippen LogP contribution in [0.1, 0.15) is 6.92 Å². The third-order valence-electron chi connectivity index (χ3n) is 2.19. The van der Waals surface area contributed by atoms with Crippen molar-refractivity contribution in [1.29, 1.82) is 0 Å². The van der Waals surface area contributed by atoms with Gasteiger partial charge < -0.3 is 0 Å². The van der Waals surface area contributed by atoms with Gasteiger partial charge in [0.05, 0.1) is 0 Å². The molecule has 0 saturated heterocycles. The van der Waals surface area contributed by atoms with Crippen LogP contribution in [0.5, 0.6) is 0 Å². The van der Waals surface area contributed by atoms with Crippen molar-refractivity contribution in [2.75, 3.05) is 4.90 Å². The summed E-state index contributed by atoms with van der Waals surface area (Å²) < 4.78 is 0. The summed E-state index contributed by atoms with van der Waals surface area (Å²) in [6.45, 7) is 1.46. The summed E-state index contributed by atoms with van der Waals surface area (Å²) >= 11 is 0. The molecular formula is C13H12N4O. The first-order chi connectivity index (χ1) is 8.77. The van der Waals surface area contributed by atoms with E-state index >= 15 is 0 Å². The molecule has 0 aliphatic carbocycles. The third kappa shape index (κ3) is 2.98. The van der Waals surface area contributed by atoms with E-state index in [1.807, 2.05) is 12.1 Å². The lowest BCUT2D eigenvalue weighted by molar-refractivity contribution is -0.115. The third-order valence-corrected chi connectivity index (χ3v) is 2.19. The fraction of sp³-hybridized carbons (Fsp3) is 0.0769. The second-order valence-corrected chi connectivity index (χ2v) is 3.51. The van der Waals surface area contributed by atoms with Gasteiger partial charge in [0.2, 0.25) is 5.91 Å². The zero-order chi connectivity index (χ0) is 12.8. The first kappa shape index (κ1) is 11.9. The molecule has 90 valence electrons. The molecule has 0 spiro atoms. The van der Waals surface area contributed by atoms with Gasteiger partial charge in [-0.1, -0.05) is 12.1 Å². The molecule has 0 unspecified atom stereocenters. The molecule has 2 aromatic rings. The Hall–Kier alpha value is -2.56. The molecule has 5 nitrogen and oxygen atoms in total. The minimum atomic E-state index is -0.159. The Bertz CT molecular complexity index is 539. The van der Waals surface area contributed by atoms with Crippen LogP contribution in [0.15, 0.2) is 53.8 Å². The van der Waals surface area contributed by atoms with Crippen LogP contribution in [0, 0.1) is 0 Å². The molecule has 2 aromatic heterocycles. The van der Waals surface area contributed by atoms with Gasteiger partial charge in [-0.3, -0.25) is 9.69 Å². The van der Waals surface area contributed by atoms with E-state index in [9.17, 15) is 4.79 Å². The molecule has 0 fully saturated rings. The number of hydrogen-bond donors (Lipinski definition) is 0. The number of pyridine rings is 2. The Morgan fingerprint density at radius 1 is 1.17 bits per heavy atom. The highest BCUT2D eigenvalue weighted by Gasteiger charge is 2.09. The van der Waals surface area contributed by atoms with Gasteiger partial charge in [0.1, 0.15) is 12.2 Å². The van der Waals surface area contributed by atoms with Gasteiger partial charge in [0.25, 0.3) is 0 Å². The highest BCUT2D eigenvalue weighted by Crippen LogP contribution is 2.09. The fourth-order valence-electron chi connectivity index (χ4n) is 1.35. The molecule has 18 heavy (non-hydrogen) atoms. The van der Waals surface area contributed by atoms with E-state index in [0.29, 0.717) is 11.6 Å². The zero-order valence-electron chi connectivity index (χ0n) is 9.89. The number of amides is 1. The van der Waals surface area contributed by atoms with Gasteiger partial charge in [-0.15, -0.1) is 0 Å². The molecule has 0 N–H and O–H groups in total. The topological polar surface area (TPSA) is 58.5 Å². The van der Waals surface area contributed by atoms with Crippen molar-refractivity contribution < 1.29 is 4.79 Å². The van der Waals surface area contributed by atoms with E-state index in [1.54, 1.807) is 36.7 Å². The summed E-state index contributed by atoms with van der Waals surface area (Å²) in [7, 11) is 0. The molecule has 2 heterocycles. The van der Waals surface area contributed by atoms with Gasteiger partial charge in [-0.25, -0.2) is 15.0 Å². The normalized spacial score (nSPS) is 10.5. The van der Waals surface area contributed by atoms with Crippen LogP contribution >= 0.6 is 0 Å².